The summed E-state index contributed by atoms with van der Waals surface area (Å²) in [4.78, 5) is 24.1. The molecule has 0 radical (unpaired) electrons. The van der Waals surface area contributed by atoms with Gasteiger partial charge in [0.25, 0.3) is 0 Å². The minimum absolute atomic E-state index is 0.0800. The molecule has 0 aliphatic heterocycles. The molecule has 5 heteroatoms. The van der Waals surface area contributed by atoms with E-state index in [1.54, 1.807) is 24.3 Å². The first-order chi connectivity index (χ1) is 14.1. The maximum atomic E-state index is 12.1. The monoisotopic (exact) mass is 398 g/mol. The number of hydrogen-bond acceptors (Lipinski definition) is 5. The fourth-order valence-corrected chi connectivity index (χ4v) is 2.91. The van der Waals surface area contributed by atoms with Gasteiger partial charge in [0.15, 0.2) is 0 Å². The van der Waals surface area contributed by atoms with Crippen molar-refractivity contribution in [3.8, 4) is 11.5 Å². The van der Waals surface area contributed by atoms with Crippen LogP contribution in [0.5, 0.6) is 11.5 Å². The number of esters is 2. The van der Waals surface area contributed by atoms with Gasteiger partial charge in [-0.05, 0) is 55.0 Å². The van der Waals surface area contributed by atoms with E-state index in [1.807, 2.05) is 0 Å². The largest absolute Gasteiger partial charge is 0.508 e. The Morgan fingerprint density at radius 2 is 1.24 bits per heavy atom. The number of phenolic OH excluding ortho intramolecular Hbond substituents is 1. The van der Waals surface area contributed by atoms with Crippen LogP contribution >= 0.6 is 0 Å². The van der Waals surface area contributed by atoms with Crippen molar-refractivity contribution in [3.63, 3.8) is 0 Å². The lowest BCUT2D eigenvalue weighted by atomic mass is 10.1. The Kier molecular flexibility index (Phi) is 9.76. The molecular weight excluding hydrogens is 368 g/mol. The Hall–Kier alpha value is -2.82. The average Bonchev–Trinajstić information content (AvgIpc) is 2.73. The number of carbonyl (C=O) groups is 2. The second kappa shape index (κ2) is 12.6. The second-order valence-corrected chi connectivity index (χ2v) is 7.07. The molecule has 0 heterocycles. The van der Waals surface area contributed by atoms with Crippen LogP contribution in [0.3, 0.4) is 0 Å². The van der Waals surface area contributed by atoms with E-state index >= 15 is 0 Å². The van der Waals surface area contributed by atoms with Crippen LogP contribution in [-0.4, -0.2) is 23.7 Å². The minimum atomic E-state index is -0.532. The highest BCUT2D eigenvalue weighted by molar-refractivity contribution is 5.92. The minimum Gasteiger partial charge on any atom is -0.508 e. The molecule has 5 nitrogen and oxygen atoms in total. The Balaban J connectivity index is 1.67. The number of ether oxygens (including phenoxy) is 2. The third kappa shape index (κ3) is 8.38. The fourth-order valence-electron chi connectivity index (χ4n) is 2.91. The molecule has 0 fully saturated rings. The number of carbonyl (C=O) groups excluding carboxylic acids is 2. The Morgan fingerprint density at radius 3 is 1.86 bits per heavy atom. The lowest BCUT2D eigenvalue weighted by Gasteiger charge is -2.07. The van der Waals surface area contributed by atoms with Gasteiger partial charge in [-0.1, -0.05) is 51.9 Å². The van der Waals surface area contributed by atoms with Gasteiger partial charge in [0, 0.05) is 0 Å². The van der Waals surface area contributed by atoms with Crippen LogP contribution in [0.4, 0.5) is 0 Å². The van der Waals surface area contributed by atoms with E-state index in [0.717, 1.165) is 12.8 Å². The topological polar surface area (TPSA) is 72.8 Å². The molecule has 0 saturated carbocycles. The number of rotatable bonds is 12. The number of benzene rings is 2. The van der Waals surface area contributed by atoms with E-state index in [4.69, 9.17) is 9.47 Å². The van der Waals surface area contributed by atoms with Crippen molar-refractivity contribution in [2.75, 3.05) is 6.61 Å². The zero-order chi connectivity index (χ0) is 20.9. The van der Waals surface area contributed by atoms with Crippen molar-refractivity contribution >= 4 is 11.9 Å². The SMILES string of the molecule is CCCCCCCCCCOC(=O)c1ccc(OC(=O)c2ccc(O)cc2)cc1. The molecule has 2 aromatic rings. The molecule has 29 heavy (non-hydrogen) atoms. The molecule has 0 atom stereocenters. The molecule has 0 aromatic heterocycles. The molecule has 1 N–H and O–H groups in total. The fraction of sp³-hybridized carbons (Fsp3) is 0.417. The van der Waals surface area contributed by atoms with Gasteiger partial charge < -0.3 is 14.6 Å². The standard InChI is InChI=1S/C24H30O5/c1-2-3-4-5-6-7-8-9-18-28-23(26)19-12-16-22(17-13-19)29-24(27)20-10-14-21(25)15-11-20/h10-17,25H,2-9,18H2,1H3. The molecule has 156 valence electrons. The van der Waals surface area contributed by atoms with E-state index in [9.17, 15) is 14.7 Å². The zero-order valence-electron chi connectivity index (χ0n) is 17.1. The summed E-state index contributed by atoms with van der Waals surface area (Å²) in [6, 6.07) is 12.1. The van der Waals surface area contributed by atoms with Gasteiger partial charge in [-0.2, -0.15) is 0 Å². The van der Waals surface area contributed by atoms with Crippen molar-refractivity contribution in [1.82, 2.24) is 0 Å². The third-order valence-corrected chi connectivity index (χ3v) is 4.63. The van der Waals surface area contributed by atoms with Crippen molar-refractivity contribution in [2.24, 2.45) is 0 Å². The van der Waals surface area contributed by atoms with Gasteiger partial charge in [0.05, 0.1) is 17.7 Å². The van der Waals surface area contributed by atoms with E-state index in [1.165, 1.54) is 62.8 Å². The van der Waals surface area contributed by atoms with Crippen molar-refractivity contribution in [3.05, 3.63) is 59.7 Å². The van der Waals surface area contributed by atoms with Crippen LogP contribution in [0.25, 0.3) is 0 Å². The van der Waals surface area contributed by atoms with Gasteiger partial charge in [0.1, 0.15) is 11.5 Å². The van der Waals surface area contributed by atoms with E-state index in [0.29, 0.717) is 23.5 Å². The smallest absolute Gasteiger partial charge is 0.343 e. The van der Waals surface area contributed by atoms with E-state index in [2.05, 4.69) is 6.92 Å². The number of aromatic hydroxyl groups is 1. The van der Waals surface area contributed by atoms with Crippen LogP contribution in [0, 0.1) is 0 Å². The molecule has 0 spiro atoms. The molecule has 0 amide bonds. The zero-order valence-corrected chi connectivity index (χ0v) is 17.1. The van der Waals surface area contributed by atoms with Crippen LogP contribution in [-0.2, 0) is 4.74 Å². The first-order valence-electron chi connectivity index (χ1n) is 10.4. The summed E-state index contributed by atoms with van der Waals surface area (Å²) in [7, 11) is 0. The van der Waals surface area contributed by atoms with Crippen LogP contribution < -0.4 is 4.74 Å². The quantitative estimate of drug-likeness (QED) is 0.273. The summed E-state index contributed by atoms with van der Waals surface area (Å²) in [6.07, 6.45) is 9.56. The Morgan fingerprint density at radius 1 is 0.724 bits per heavy atom. The Labute approximate surface area is 172 Å². The molecule has 0 aliphatic rings. The van der Waals surface area contributed by atoms with E-state index in [-0.39, 0.29) is 11.7 Å². The molecular formula is C24H30O5. The summed E-state index contributed by atoms with van der Waals surface area (Å²) in [5, 5.41) is 9.26. The maximum absolute atomic E-state index is 12.1. The number of phenols is 1. The predicted molar refractivity (Wildman–Crippen MR) is 112 cm³/mol. The lowest BCUT2D eigenvalue weighted by Crippen LogP contribution is -2.09. The van der Waals surface area contributed by atoms with Gasteiger partial charge in [-0.15, -0.1) is 0 Å². The van der Waals surface area contributed by atoms with Crippen molar-refractivity contribution < 1.29 is 24.2 Å². The second-order valence-electron chi connectivity index (χ2n) is 7.07. The van der Waals surface area contributed by atoms with Crippen LogP contribution in [0.2, 0.25) is 0 Å². The van der Waals surface area contributed by atoms with Gasteiger partial charge in [-0.3, -0.25) is 0 Å². The first-order valence-corrected chi connectivity index (χ1v) is 10.4. The maximum Gasteiger partial charge on any atom is 0.343 e. The molecule has 2 aromatic carbocycles. The Bertz CT molecular complexity index is 750. The van der Waals surface area contributed by atoms with Crippen molar-refractivity contribution in [1.29, 1.82) is 0 Å². The molecule has 0 aliphatic carbocycles. The highest BCUT2D eigenvalue weighted by Gasteiger charge is 2.11. The normalized spacial score (nSPS) is 10.5. The first kappa shape index (κ1) is 22.5. The number of unbranched alkanes of at least 4 members (excludes halogenated alkanes) is 7. The summed E-state index contributed by atoms with van der Waals surface area (Å²) < 4.78 is 10.6. The van der Waals surface area contributed by atoms with Crippen molar-refractivity contribution in [2.45, 2.75) is 58.3 Å². The highest BCUT2D eigenvalue weighted by atomic mass is 16.5. The summed E-state index contributed by atoms with van der Waals surface area (Å²) in [6.45, 7) is 2.64. The summed E-state index contributed by atoms with van der Waals surface area (Å²) in [5.41, 5.74) is 0.755. The summed E-state index contributed by atoms with van der Waals surface area (Å²) >= 11 is 0. The molecule has 0 unspecified atom stereocenters. The van der Waals surface area contributed by atoms with Crippen LogP contribution in [0.1, 0.15) is 79.0 Å². The van der Waals surface area contributed by atoms with Gasteiger partial charge in [0.2, 0.25) is 0 Å². The average molecular weight is 398 g/mol. The number of hydrogen-bond donors (Lipinski definition) is 1. The molecule has 2 rings (SSSR count). The third-order valence-electron chi connectivity index (χ3n) is 4.63. The lowest BCUT2D eigenvalue weighted by molar-refractivity contribution is 0.0497. The van der Waals surface area contributed by atoms with Crippen LogP contribution in [0.15, 0.2) is 48.5 Å². The summed E-state index contributed by atoms with van der Waals surface area (Å²) in [5.74, 6) is -0.488. The van der Waals surface area contributed by atoms with E-state index < -0.39 is 5.97 Å². The van der Waals surface area contributed by atoms with Gasteiger partial charge >= 0.3 is 11.9 Å². The highest BCUT2D eigenvalue weighted by Crippen LogP contribution is 2.17. The molecule has 0 bridgehead atoms. The molecule has 0 saturated heterocycles. The predicted octanol–water partition coefficient (Wildman–Crippen LogP) is 5.91. The van der Waals surface area contributed by atoms with Gasteiger partial charge in [-0.25, -0.2) is 9.59 Å².